The van der Waals surface area contributed by atoms with Crippen molar-refractivity contribution in [3.05, 3.63) is 47.6 Å². The van der Waals surface area contributed by atoms with Crippen LogP contribution in [0.15, 0.2) is 34.9 Å². The first kappa shape index (κ1) is 12.7. The molecule has 1 aromatic heterocycles. The quantitative estimate of drug-likeness (QED) is 0.894. The minimum absolute atomic E-state index is 0.214. The summed E-state index contributed by atoms with van der Waals surface area (Å²) in [4.78, 5) is 4.30. The lowest BCUT2D eigenvalue weighted by Crippen LogP contribution is -2.34. The maximum Gasteiger partial charge on any atom is 0.251 e. The predicted octanol–water partition coefficient (Wildman–Crippen LogP) is 2.00. The van der Waals surface area contributed by atoms with E-state index < -0.39 is 5.54 Å². The molecule has 0 bridgehead atoms. The molecule has 0 saturated carbocycles. The van der Waals surface area contributed by atoms with Crippen LogP contribution in [0.25, 0.3) is 0 Å². The third-order valence-electron chi connectivity index (χ3n) is 2.98. The van der Waals surface area contributed by atoms with Crippen molar-refractivity contribution < 1.29 is 9.26 Å². The fourth-order valence-electron chi connectivity index (χ4n) is 1.62. The van der Waals surface area contributed by atoms with Crippen LogP contribution in [-0.2, 0) is 10.3 Å². The Morgan fingerprint density at radius 1 is 1.33 bits per heavy atom. The number of aromatic nitrogens is 2. The molecular formula is C13H17N3O2. The molecule has 0 radical (unpaired) electrons. The second kappa shape index (κ2) is 4.88. The fraction of sp³-hybridized carbons (Fsp3) is 0.385. The van der Waals surface area contributed by atoms with Crippen LogP contribution in [0.5, 0.6) is 0 Å². The molecule has 0 aliphatic carbocycles. The third kappa shape index (κ3) is 2.27. The zero-order valence-corrected chi connectivity index (χ0v) is 10.8. The van der Waals surface area contributed by atoms with Gasteiger partial charge >= 0.3 is 0 Å². The standard InChI is InChI=1S/C13H17N3O2/c1-9(17-3)11-15-12(18-16-11)13(2,14)10-7-5-4-6-8-10/h4-9H,14H2,1-3H3. The number of hydrogen-bond donors (Lipinski definition) is 1. The molecule has 0 spiro atoms. The Morgan fingerprint density at radius 2 is 2.00 bits per heavy atom. The lowest BCUT2D eigenvalue weighted by Gasteiger charge is -2.20. The molecule has 18 heavy (non-hydrogen) atoms. The number of rotatable bonds is 4. The minimum Gasteiger partial charge on any atom is -0.374 e. The largest absolute Gasteiger partial charge is 0.374 e. The van der Waals surface area contributed by atoms with Crippen LogP contribution in [0.1, 0.15) is 37.2 Å². The van der Waals surface area contributed by atoms with Crippen LogP contribution in [0.3, 0.4) is 0 Å². The number of nitrogens with two attached hydrogens (primary N) is 1. The van der Waals surface area contributed by atoms with Crippen molar-refractivity contribution in [3.8, 4) is 0 Å². The van der Waals surface area contributed by atoms with Crippen LogP contribution in [-0.4, -0.2) is 17.3 Å². The second-order valence-electron chi connectivity index (χ2n) is 4.40. The molecule has 2 unspecified atom stereocenters. The normalized spacial score (nSPS) is 16.2. The second-order valence-corrected chi connectivity index (χ2v) is 4.40. The molecule has 0 aliphatic heterocycles. The van der Waals surface area contributed by atoms with Gasteiger partial charge in [0.15, 0.2) is 5.82 Å². The molecule has 2 atom stereocenters. The highest BCUT2D eigenvalue weighted by molar-refractivity contribution is 5.28. The van der Waals surface area contributed by atoms with Gasteiger partial charge in [-0.1, -0.05) is 35.5 Å². The number of benzene rings is 1. The molecule has 5 nitrogen and oxygen atoms in total. The first-order chi connectivity index (χ1) is 8.55. The molecule has 2 rings (SSSR count). The molecule has 1 aromatic carbocycles. The van der Waals surface area contributed by atoms with Gasteiger partial charge in [0.25, 0.3) is 5.89 Å². The maximum atomic E-state index is 6.28. The van der Waals surface area contributed by atoms with Crippen LogP contribution < -0.4 is 5.73 Å². The Bertz CT molecular complexity index is 508. The molecule has 2 N–H and O–H groups in total. The topological polar surface area (TPSA) is 74.2 Å². The fourth-order valence-corrected chi connectivity index (χ4v) is 1.62. The first-order valence-electron chi connectivity index (χ1n) is 5.77. The van der Waals surface area contributed by atoms with E-state index in [2.05, 4.69) is 10.1 Å². The molecular weight excluding hydrogens is 230 g/mol. The summed E-state index contributed by atoms with van der Waals surface area (Å²) in [5, 5.41) is 3.89. The van der Waals surface area contributed by atoms with Gasteiger partial charge in [-0.2, -0.15) is 4.98 Å². The SMILES string of the molecule is COC(C)c1noc(C(C)(N)c2ccccc2)n1. The van der Waals surface area contributed by atoms with E-state index >= 15 is 0 Å². The highest BCUT2D eigenvalue weighted by atomic mass is 16.5. The molecule has 0 saturated heterocycles. The Hall–Kier alpha value is -1.72. The lowest BCUT2D eigenvalue weighted by atomic mass is 9.93. The highest BCUT2D eigenvalue weighted by Gasteiger charge is 2.31. The van der Waals surface area contributed by atoms with Crippen molar-refractivity contribution in [1.29, 1.82) is 0 Å². The number of methoxy groups -OCH3 is 1. The van der Waals surface area contributed by atoms with Crippen molar-refractivity contribution in [1.82, 2.24) is 10.1 Å². The average Bonchev–Trinajstić information content (AvgIpc) is 2.89. The molecule has 0 aliphatic rings. The number of nitrogens with zero attached hydrogens (tertiary/aromatic N) is 2. The summed E-state index contributed by atoms with van der Waals surface area (Å²) in [7, 11) is 1.60. The number of ether oxygens (including phenoxy) is 1. The van der Waals surface area contributed by atoms with Crippen LogP contribution in [0.4, 0.5) is 0 Å². The summed E-state index contributed by atoms with van der Waals surface area (Å²) in [5.41, 5.74) is 6.39. The Morgan fingerprint density at radius 3 is 2.61 bits per heavy atom. The van der Waals surface area contributed by atoms with E-state index in [-0.39, 0.29) is 6.10 Å². The highest BCUT2D eigenvalue weighted by Crippen LogP contribution is 2.26. The Kier molecular flexibility index (Phi) is 3.45. The van der Waals surface area contributed by atoms with Gasteiger partial charge in [0.2, 0.25) is 0 Å². The van der Waals surface area contributed by atoms with E-state index in [9.17, 15) is 0 Å². The van der Waals surface area contributed by atoms with Crippen molar-refractivity contribution in [3.63, 3.8) is 0 Å². The van der Waals surface area contributed by atoms with E-state index in [1.165, 1.54) is 0 Å². The van der Waals surface area contributed by atoms with Gasteiger partial charge in [0.1, 0.15) is 11.6 Å². The first-order valence-corrected chi connectivity index (χ1v) is 5.77. The van der Waals surface area contributed by atoms with Crippen molar-refractivity contribution >= 4 is 0 Å². The average molecular weight is 247 g/mol. The van der Waals surface area contributed by atoms with Gasteiger partial charge in [0.05, 0.1) is 0 Å². The van der Waals surface area contributed by atoms with E-state index in [1.807, 2.05) is 44.2 Å². The molecule has 1 heterocycles. The molecule has 0 amide bonds. The third-order valence-corrected chi connectivity index (χ3v) is 2.98. The van der Waals surface area contributed by atoms with E-state index in [0.717, 1.165) is 5.56 Å². The summed E-state index contributed by atoms with van der Waals surface area (Å²) in [6, 6.07) is 9.66. The summed E-state index contributed by atoms with van der Waals surface area (Å²) >= 11 is 0. The predicted molar refractivity (Wildman–Crippen MR) is 66.8 cm³/mol. The minimum atomic E-state index is -0.806. The van der Waals surface area contributed by atoms with Gasteiger partial charge in [0, 0.05) is 7.11 Å². The maximum absolute atomic E-state index is 6.28. The van der Waals surface area contributed by atoms with Gasteiger partial charge in [-0.25, -0.2) is 0 Å². The van der Waals surface area contributed by atoms with E-state index in [4.69, 9.17) is 15.0 Å². The monoisotopic (exact) mass is 247 g/mol. The van der Waals surface area contributed by atoms with Gasteiger partial charge in [-0.15, -0.1) is 0 Å². The summed E-state index contributed by atoms with van der Waals surface area (Å²) in [5.74, 6) is 0.882. The van der Waals surface area contributed by atoms with Crippen molar-refractivity contribution in [2.24, 2.45) is 5.73 Å². The summed E-state index contributed by atoms with van der Waals surface area (Å²) in [6.07, 6.45) is -0.214. The van der Waals surface area contributed by atoms with Gasteiger partial charge in [-0.3, -0.25) is 0 Å². The summed E-state index contributed by atoms with van der Waals surface area (Å²) < 4.78 is 10.4. The van der Waals surface area contributed by atoms with Crippen molar-refractivity contribution in [2.45, 2.75) is 25.5 Å². The van der Waals surface area contributed by atoms with Crippen molar-refractivity contribution in [2.75, 3.05) is 7.11 Å². The molecule has 2 aromatic rings. The van der Waals surface area contributed by atoms with Gasteiger partial charge in [-0.05, 0) is 19.4 Å². The van der Waals surface area contributed by atoms with Crippen LogP contribution in [0.2, 0.25) is 0 Å². The van der Waals surface area contributed by atoms with Crippen LogP contribution in [0, 0.1) is 0 Å². The molecule has 96 valence electrons. The van der Waals surface area contributed by atoms with E-state index in [0.29, 0.717) is 11.7 Å². The molecule has 5 heteroatoms. The zero-order valence-electron chi connectivity index (χ0n) is 10.8. The summed E-state index contributed by atoms with van der Waals surface area (Å²) in [6.45, 7) is 3.70. The zero-order chi connectivity index (χ0) is 13.2. The van der Waals surface area contributed by atoms with Crippen LogP contribution >= 0.6 is 0 Å². The molecule has 0 fully saturated rings. The smallest absolute Gasteiger partial charge is 0.251 e. The number of hydrogen-bond acceptors (Lipinski definition) is 5. The lowest BCUT2D eigenvalue weighted by molar-refractivity contribution is 0.109. The Balaban J connectivity index is 2.33. The van der Waals surface area contributed by atoms with Gasteiger partial charge < -0.3 is 15.0 Å². The van der Waals surface area contributed by atoms with E-state index in [1.54, 1.807) is 7.11 Å². The Labute approximate surface area is 106 Å².